The van der Waals surface area contributed by atoms with Gasteiger partial charge in [-0.3, -0.25) is 0 Å². The van der Waals surface area contributed by atoms with Crippen LogP contribution in [0, 0.1) is 0 Å². The number of fused-ring (bicyclic) bond motifs is 1. The molecule has 0 radical (unpaired) electrons. The highest BCUT2D eigenvalue weighted by Gasteiger charge is 2.32. The molecule has 0 aliphatic carbocycles. The number of urea groups is 1. The Bertz CT molecular complexity index is 728. The molecule has 2 aliphatic heterocycles. The predicted octanol–water partition coefficient (Wildman–Crippen LogP) is 0.681. The van der Waals surface area contributed by atoms with Crippen LogP contribution in [-0.2, 0) is 6.42 Å². The summed E-state index contributed by atoms with van der Waals surface area (Å²) in [5.74, 6) is 1.66. The van der Waals surface area contributed by atoms with E-state index in [4.69, 9.17) is 0 Å². The molecule has 122 valence electrons. The first-order valence-electron chi connectivity index (χ1n) is 8.25. The summed E-state index contributed by atoms with van der Waals surface area (Å²) < 4.78 is 1.80. The summed E-state index contributed by atoms with van der Waals surface area (Å²) in [6.07, 6.45) is 4.52. The second kappa shape index (κ2) is 5.68. The Morgan fingerprint density at radius 1 is 1.39 bits per heavy atom. The molecule has 2 aromatic heterocycles. The number of hydrogen-bond donors (Lipinski definition) is 1. The molecule has 2 aromatic rings. The van der Waals surface area contributed by atoms with Crippen LogP contribution in [0.1, 0.15) is 25.5 Å². The van der Waals surface area contributed by atoms with Gasteiger partial charge < -0.3 is 15.1 Å². The van der Waals surface area contributed by atoms with Crippen LogP contribution in [0.4, 0.5) is 10.6 Å². The van der Waals surface area contributed by atoms with E-state index in [1.54, 1.807) is 10.8 Å². The lowest BCUT2D eigenvalue weighted by molar-refractivity contribution is 0.189. The van der Waals surface area contributed by atoms with Crippen molar-refractivity contribution < 1.29 is 4.79 Å². The van der Waals surface area contributed by atoms with Crippen LogP contribution in [0.3, 0.4) is 0 Å². The van der Waals surface area contributed by atoms with Gasteiger partial charge in [-0.05, 0) is 19.3 Å². The average molecular weight is 315 g/mol. The van der Waals surface area contributed by atoms with E-state index in [0.717, 1.165) is 57.0 Å². The van der Waals surface area contributed by atoms with Gasteiger partial charge in [0.2, 0.25) is 0 Å². The lowest BCUT2D eigenvalue weighted by atomic mass is 10.0. The highest BCUT2D eigenvalue weighted by Crippen LogP contribution is 2.24. The first kappa shape index (κ1) is 14.2. The standard InChI is InChI=1S/C15H21N7O/c1-2-11-8-13(22-14(19-11)17-10-18-22)20-6-3-4-12(9-20)21-7-5-16-15(21)23/h8,10,12H,2-7,9H2,1H3,(H,16,23)/t12-/m0/s1. The van der Waals surface area contributed by atoms with Crippen molar-refractivity contribution in [2.24, 2.45) is 0 Å². The van der Waals surface area contributed by atoms with Crippen LogP contribution in [0.15, 0.2) is 12.4 Å². The number of carbonyl (C=O) groups is 1. The number of aromatic nitrogens is 4. The van der Waals surface area contributed by atoms with Crippen molar-refractivity contribution in [3.05, 3.63) is 18.1 Å². The van der Waals surface area contributed by atoms with Gasteiger partial charge in [-0.2, -0.15) is 14.6 Å². The van der Waals surface area contributed by atoms with Crippen molar-refractivity contribution in [3.8, 4) is 0 Å². The van der Waals surface area contributed by atoms with Gasteiger partial charge in [-0.25, -0.2) is 9.78 Å². The lowest BCUT2D eigenvalue weighted by Crippen LogP contribution is -2.49. The number of anilines is 1. The van der Waals surface area contributed by atoms with Gasteiger partial charge in [0.1, 0.15) is 12.1 Å². The molecule has 8 heteroatoms. The van der Waals surface area contributed by atoms with Crippen molar-refractivity contribution >= 4 is 17.6 Å². The summed E-state index contributed by atoms with van der Waals surface area (Å²) in [6.45, 7) is 5.43. The molecule has 2 amide bonds. The third kappa shape index (κ3) is 2.47. The van der Waals surface area contributed by atoms with E-state index in [1.165, 1.54) is 0 Å². The smallest absolute Gasteiger partial charge is 0.317 e. The molecule has 4 rings (SSSR count). The van der Waals surface area contributed by atoms with Crippen LogP contribution < -0.4 is 10.2 Å². The van der Waals surface area contributed by atoms with Crippen LogP contribution in [0.25, 0.3) is 5.78 Å². The summed E-state index contributed by atoms with van der Waals surface area (Å²) in [4.78, 5) is 25.0. The maximum absolute atomic E-state index is 11.9. The molecule has 1 atom stereocenters. The topological polar surface area (TPSA) is 78.7 Å². The first-order chi connectivity index (χ1) is 11.3. The van der Waals surface area contributed by atoms with E-state index >= 15 is 0 Å². The summed E-state index contributed by atoms with van der Waals surface area (Å²) >= 11 is 0. The molecule has 0 saturated carbocycles. The minimum absolute atomic E-state index is 0.0618. The van der Waals surface area contributed by atoms with E-state index in [2.05, 4.69) is 38.3 Å². The van der Waals surface area contributed by atoms with Crippen LogP contribution in [-0.4, -0.2) is 62.7 Å². The normalized spacial score (nSPS) is 22.0. The number of aryl methyl sites for hydroxylation is 1. The molecule has 0 aromatic carbocycles. The van der Waals surface area contributed by atoms with Gasteiger partial charge in [0.25, 0.3) is 5.78 Å². The second-order valence-electron chi connectivity index (χ2n) is 6.10. The van der Waals surface area contributed by atoms with Gasteiger partial charge in [0.15, 0.2) is 0 Å². The molecule has 4 heterocycles. The van der Waals surface area contributed by atoms with Crippen molar-refractivity contribution in [1.29, 1.82) is 0 Å². The monoisotopic (exact) mass is 315 g/mol. The zero-order chi connectivity index (χ0) is 15.8. The maximum Gasteiger partial charge on any atom is 0.317 e. The number of piperidine rings is 1. The number of amides is 2. The predicted molar refractivity (Wildman–Crippen MR) is 85.5 cm³/mol. The highest BCUT2D eigenvalue weighted by atomic mass is 16.2. The Morgan fingerprint density at radius 2 is 2.30 bits per heavy atom. The Labute approximate surface area is 134 Å². The van der Waals surface area contributed by atoms with Crippen molar-refractivity contribution in [1.82, 2.24) is 29.8 Å². The molecule has 8 nitrogen and oxygen atoms in total. The fourth-order valence-electron chi connectivity index (χ4n) is 3.50. The zero-order valence-electron chi connectivity index (χ0n) is 13.3. The lowest BCUT2D eigenvalue weighted by Gasteiger charge is -2.38. The fraction of sp³-hybridized carbons (Fsp3) is 0.600. The fourth-order valence-corrected chi connectivity index (χ4v) is 3.50. The van der Waals surface area contributed by atoms with E-state index < -0.39 is 0 Å². The molecule has 0 spiro atoms. The molecule has 0 unspecified atom stereocenters. The number of hydrogen-bond acceptors (Lipinski definition) is 5. The molecule has 2 saturated heterocycles. The summed E-state index contributed by atoms with van der Waals surface area (Å²) in [5.41, 5.74) is 1.02. The van der Waals surface area contributed by atoms with E-state index in [9.17, 15) is 4.79 Å². The third-order valence-corrected chi connectivity index (χ3v) is 4.70. The highest BCUT2D eigenvalue weighted by molar-refractivity contribution is 5.76. The minimum atomic E-state index is 0.0618. The Hall–Kier alpha value is -2.38. The largest absolute Gasteiger partial charge is 0.354 e. The van der Waals surface area contributed by atoms with Crippen molar-refractivity contribution in [2.45, 2.75) is 32.2 Å². The maximum atomic E-state index is 11.9. The molecular formula is C15H21N7O. The molecular weight excluding hydrogens is 294 g/mol. The van der Waals surface area contributed by atoms with Crippen LogP contribution in [0.2, 0.25) is 0 Å². The number of nitrogens with one attached hydrogen (secondary N) is 1. The van der Waals surface area contributed by atoms with Gasteiger partial charge in [0, 0.05) is 37.9 Å². The Morgan fingerprint density at radius 3 is 3.09 bits per heavy atom. The van der Waals surface area contributed by atoms with E-state index in [-0.39, 0.29) is 12.1 Å². The zero-order valence-corrected chi connectivity index (χ0v) is 13.3. The quantitative estimate of drug-likeness (QED) is 0.901. The Balaban J connectivity index is 1.64. The van der Waals surface area contributed by atoms with Gasteiger partial charge in [-0.1, -0.05) is 6.92 Å². The third-order valence-electron chi connectivity index (χ3n) is 4.70. The minimum Gasteiger partial charge on any atom is -0.354 e. The molecule has 2 fully saturated rings. The van der Waals surface area contributed by atoms with Crippen molar-refractivity contribution in [2.75, 3.05) is 31.1 Å². The van der Waals surface area contributed by atoms with Gasteiger partial charge >= 0.3 is 6.03 Å². The summed E-state index contributed by atoms with van der Waals surface area (Å²) in [6, 6.07) is 2.41. The number of nitrogens with zero attached hydrogens (tertiary/aromatic N) is 6. The molecule has 23 heavy (non-hydrogen) atoms. The Kier molecular flexibility index (Phi) is 3.51. The SMILES string of the molecule is CCc1cc(N2CCC[C@H](N3CCNC3=O)C2)n2ncnc2n1. The summed E-state index contributed by atoms with van der Waals surface area (Å²) in [5, 5.41) is 7.21. The van der Waals surface area contributed by atoms with Gasteiger partial charge in [-0.15, -0.1) is 0 Å². The van der Waals surface area contributed by atoms with E-state index in [0.29, 0.717) is 5.78 Å². The molecule has 2 aliphatic rings. The molecule has 0 bridgehead atoms. The number of carbonyl (C=O) groups excluding carboxylic acids is 1. The van der Waals surface area contributed by atoms with Crippen molar-refractivity contribution in [3.63, 3.8) is 0 Å². The van der Waals surface area contributed by atoms with E-state index in [1.807, 2.05) is 4.90 Å². The molecule has 1 N–H and O–H groups in total. The van der Waals surface area contributed by atoms with Crippen LogP contribution >= 0.6 is 0 Å². The van der Waals surface area contributed by atoms with Gasteiger partial charge in [0.05, 0.1) is 6.04 Å². The number of rotatable bonds is 3. The van der Waals surface area contributed by atoms with Crippen LogP contribution in [0.5, 0.6) is 0 Å². The second-order valence-corrected chi connectivity index (χ2v) is 6.10. The first-order valence-corrected chi connectivity index (χ1v) is 8.25. The summed E-state index contributed by atoms with van der Waals surface area (Å²) in [7, 11) is 0. The average Bonchev–Trinajstić information content (AvgIpc) is 3.22.